The molecule has 0 aliphatic heterocycles. The van der Waals surface area contributed by atoms with Crippen molar-refractivity contribution in [2.45, 2.75) is 12.8 Å². The Kier molecular flexibility index (Phi) is 5.86. The number of carbonyl (C=O) groups excluding carboxylic acids is 1. The summed E-state index contributed by atoms with van der Waals surface area (Å²) in [6.45, 7) is 0. The highest BCUT2D eigenvalue weighted by atomic mass is 16.5. The van der Waals surface area contributed by atoms with Gasteiger partial charge in [-0.1, -0.05) is 30.3 Å². The average molecular weight is 234 g/mol. The van der Waals surface area contributed by atoms with Gasteiger partial charge in [-0.05, 0) is 24.5 Å². The molecule has 0 amide bonds. The normalized spacial score (nSPS) is 12.4. The number of methoxy groups -OCH3 is 2. The molecule has 0 heterocycles. The number of benzene rings is 1. The number of aryl methyl sites for hydroxylation is 1. The van der Waals surface area contributed by atoms with Crippen LogP contribution < -0.4 is 0 Å². The minimum atomic E-state index is -0.250. The van der Waals surface area contributed by atoms with Gasteiger partial charge in [0, 0.05) is 0 Å². The summed E-state index contributed by atoms with van der Waals surface area (Å²) >= 11 is 0. The SMILES string of the molecule is CO/C=C/C(CCc1ccccc1)C(=O)OC. The van der Waals surface area contributed by atoms with E-state index in [9.17, 15) is 4.79 Å². The van der Waals surface area contributed by atoms with Crippen molar-refractivity contribution in [3.05, 3.63) is 48.2 Å². The molecular formula is C14H18O3. The van der Waals surface area contributed by atoms with Crippen LogP contribution in [0.2, 0.25) is 0 Å². The van der Waals surface area contributed by atoms with Crippen molar-refractivity contribution in [1.82, 2.24) is 0 Å². The molecule has 0 fully saturated rings. The largest absolute Gasteiger partial charge is 0.505 e. The molecule has 0 radical (unpaired) electrons. The average Bonchev–Trinajstić information content (AvgIpc) is 2.39. The van der Waals surface area contributed by atoms with Crippen molar-refractivity contribution in [3.8, 4) is 0 Å². The first kappa shape index (κ1) is 13.3. The summed E-state index contributed by atoms with van der Waals surface area (Å²) in [5.41, 5.74) is 1.22. The molecule has 1 aromatic rings. The van der Waals surface area contributed by atoms with Crippen LogP contribution in [0.3, 0.4) is 0 Å². The monoisotopic (exact) mass is 234 g/mol. The second kappa shape index (κ2) is 7.49. The number of carbonyl (C=O) groups is 1. The standard InChI is InChI=1S/C14H18O3/c1-16-11-10-13(14(15)17-2)9-8-12-6-4-3-5-7-12/h3-7,10-11,13H,8-9H2,1-2H3/b11-10+. The van der Waals surface area contributed by atoms with Crippen LogP contribution in [0, 0.1) is 5.92 Å². The van der Waals surface area contributed by atoms with E-state index in [2.05, 4.69) is 0 Å². The molecule has 0 spiro atoms. The molecule has 0 saturated heterocycles. The van der Waals surface area contributed by atoms with Gasteiger partial charge in [0.1, 0.15) is 0 Å². The van der Waals surface area contributed by atoms with Gasteiger partial charge in [0.2, 0.25) is 0 Å². The van der Waals surface area contributed by atoms with Gasteiger partial charge in [-0.15, -0.1) is 0 Å². The highest BCUT2D eigenvalue weighted by molar-refractivity contribution is 5.74. The number of rotatable bonds is 6. The molecule has 0 saturated carbocycles. The molecule has 92 valence electrons. The van der Waals surface area contributed by atoms with Crippen LogP contribution in [-0.2, 0) is 20.7 Å². The van der Waals surface area contributed by atoms with Crippen LogP contribution in [0.5, 0.6) is 0 Å². The number of hydrogen-bond donors (Lipinski definition) is 0. The third-order valence-corrected chi connectivity index (χ3v) is 2.54. The fourth-order valence-electron chi connectivity index (χ4n) is 1.58. The van der Waals surface area contributed by atoms with Gasteiger partial charge in [-0.3, -0.25) is 4.79 Å². The van der Waals surface area contributed by atoms with E-state index in [1.807, 2.05) is 30.3 Å². The molecule has 3 nitrogen and oxygen atoms in total. The van der Waals surface area contributed by atoms with Crippen molar-refractivity contribution in [2.24, 2.45) is 5.92 Å². The fraction of sp³-hybridized carbons (Fsp3) is 0.357. The zero-order chi connectivity index (χ0) is 12.5. The Morgan fingerprint density at radius 3 is 2.59 bits per heavy atom. The highest BCUT2D eigenvalue weighted by Gasteiger charge is 2.15. The molecule has 1 rings (SSSR count). The zero-order valence-corrected chi connectivity index (χ0v) is 10.3. The van der Waals surface area contributed by atoms with E-state index < -0.39 is 0 Å². The maximum Gasteiger partial charge on any atom is 0.312 e. The molecule has 0 bridgehead atoms. The first-order valence-corrected chi connectivity index (χ1v) is 5.59. The van der Waals surface area contributed by atoms with Crippen LogP contribution >= 0.6 is 0 Å². The van der Waals surface area contributed by atoms with Crippen molar-refractivity contribution in [3.63, 3.8) is 0 Å². The van der Waals surface area contributed by atoms with Crippen molar-refractivity contribution in [2.75, 3.05) is 14.2 Å². The van der Waals surface area contributed by atoms with Crippen molar-refractivity contribution in [1.29, 1.82) is 0 Å². The Morgan fingerprint density at radius 1 is 1.29 bits per heavy atom. The molecular weight excluding hydrogens is 216 g/mol. The van der Waals surface area contributed by atoms with Gasteiger partial charge < -0.3 is 9.47 Å². The lowest BCUT2D eigenvalue weighted by atomic mass is 9.99. The topological polar surface area (TPSA) is 35.5 Å². The smallest absolute Gasteiger partial charge is 0.312 e. The quantitative estimate of drug-likeness (QED) is 0.560. The molecule has 0 aromatic heterocycles. The van der Waals surface area contributed by atoms with Crippen LogP contribution in [0.25, 0.3) is 0 Å². The summed E-state index contributed by atoms with van der Waals surface area (Å²) in [5.74, 6) is -0.477. The second-order valence-electron chi connectivity index (χ2n) is 3.72. The van der Waals surface area contributed by atoms with Crippen molar-refractivity contribution < 1.29 is 14.3 Å². The molecule has 0 N–H and O–H groups in total. The number of esters is 1. The summed E-state index contributed by atoms with van der Waals surface area (Å²) in [5, 5.41) is 0. The fourth-order valence-corrected chi connectivity index (χ4v) is 1.58. The molecule has 0 aliphatic carbocycles. The lowest BCUT2D eigenvalue weighted by Gasteiger charge is -2.10. The van der Waals surface area contributed by atoms with E-state index in [1.54, 1.807) is 13.2 Å². The predicted octanol–water partition coefficient (Wildman–Crippen LogP) is 2.57. The molecule has 17 heavy (non-hydrogen) atoms. The van der Waals surface area contributed by atoms with E-state index in [0.29, 0.717) is 0 Å². The minimum Gasteiger partial charge on any atom is -0.505 e. The molecule has 3 heteroatoms. The zero-order valence-electron chi connectivity index (χ0n) is 10.3. The van der Waals surface area contributed by atoms with E-state index in [1.165, 1.54) is 18.9 Å². The van der Waals surface area contributed by atoms with Gasteiger partial charge in [0.25, 0.3) is 0 Å². The van der Waals surface area contributed by atoms with Crippen LogP contribution in [0.1, 0.15) is 12.0 Å². The summed E-state index contributed by atoms with van der Waals surface area (Å²) in [6, 6.07) is 10.1. The Hall–Kier alpha value is -1.77. The van der Waals surface area contributed by atoms with Gasteiger partial charge in [0.05, 0.1) is 26.4 Å². The Bertz CT molecular complexity index is 357. The van der Waals surface area contributed by atoms with Crippen LogP contribution in [0.15, 0.2) is 42.7 Å². The van der Waals surface area contributed by atoms with Crippen LogP contribution in [0.4, 0.5) is 0 Å². The molecule has 0 aliphatic rings. The molecule has 1 aromatic carbocycles. The summed E-state index contributed by atoms with van der Waals surface area (Å²) in [7, 11) is 2.96. The lowest BCUT2D eigenvalue weighted by molar-refractivity contribution is -0.143. The first-order chi connectivity index (χ1) is 8.27. The number of ether oxygens (including phenoxy) is 2. The molecule has 1 unspecified atom stereocenters. The van der Waals surface area contributed by atoms with E-state index in [-0.39, 0.29) is 11.9 Å². The lowest BCUT2D eigenvalue weighted by Crippen LogP contribution is -2.14. The Balaban J connectivity index is 2.55. The van der Waals surface area contributed by atoms with E-state index >= 15 is 0 Å². The molecule has 1 atom stereocenters. The number of hydrogen-bond acceptors (Lipinski definition) is 3. The predicted molar refractivity (Wildman–Crippen MR) is 66.4 cm³/mol. The maximum atomic E-state index is 11.5. The van der Waals surface area contributed by atoms with Gasteiger partial charge in [-0.2, -0.15) is 0 Å². The van der Waals surface area contributed by atoms with Gasteiger partial charge >= 0.3 is 5.97 Å². The van der Waals surface area contributed by atoms with Gasteiger partial charge in [0.15, 0.2) is 0 Å². The van der Waals surface area contributed by atoms with Crippen molar-refractivity contribution >= 4 is 5.97 Å². The van der Waals surface area contributed by atoms with E-state index in [4.69, 9.17) is 9.47 Å². The Labute approximate surface area is 102 Å². The third-order valence-electron chi connectivity index (χ3n) is 2.54. The van der Waals surface area contributed by atoms with Gasteiger partial charge in [-0.25, -0.2) is 0 Å². The summed E-state index contributed by atoms with van der Waals surface area (Å²) in [6.07, 6.45) is 4.81. The highest BCUT2D eigenvalue weighted by Crippen LogP contribution is 2.13. The minimum absolute atomic E-state index is 0.228. The third kappa shape index (κ3) is 4.72. The second-order valence-corrected chi connectivity index (χ2v) is 3.72. The maximum absolute atomic E-state index is 11.5. The Morgan fingerprint density at radius 2 is 2.00 bits per heavy atom. The van der Waals surface area contributed by atoms with Crippen LogP contribution in [-0.4, -0.2) is 20.2 Å². The first-order valence-electron chi connectivity index (χ1n) is 5.59. The van der Waals surface area contributed by atoms with E-state index in [0.717, 1.165) is 12.8 Å². The summed E-state index contributed by atoms with van der Waals surface area (Å²) in [4.78, 5) is 11.5. The summed E-state index contributed by atoms with van der Waals surface area (Å²) < 4.78 is 9.58.